The highest BCUT2D eigenvalue weighted by Gasteiger charge is 2.24. The second-order valence-corrected chi connectivity index (χ2v) is 5.13. The SMILES string of the molecule is CN1CCCc2ccc3c(c21)N(C)CCC3. The zero-order valence-corrected chi connectivity index (χ0v) is 10.3. The van der Waals surface area contributed by atoms with Gasteiger partial charge in [0, 0.05) is 27.2 Å². The van der Waals surface area contributed by atoms with Gasteiger partial charge in [0.15, 0.2) is 0 Å². The molecule has 0 saturated heterocycles. The number of benzene rings is 1. The molecule has 86 valence electrons. The fourth-order valence-electron chi connectivity index (χ4n) is 3.16. The predicted molar refractivity (Wildman–Crippen MR) is 69.6 cm³/mol. The minimum atomic E-state index is 1.21. The van der Waals surface area contributed by atoms with Crippen LogP contribution in [0.4, 0.5) is 11.4 Å². The second kappa shape index (κ2) is 3.69. The maximum atomic E-state index is 2.44. The molecule has 0 atom stereocenters. The summed E-state index contributed by atoms with van der Waals surface area (Å²) >= 11 is 0. The van der Waals surface area contributed by atoms with Gasteiger partial charge in [-0.2, -0.15) is 0 Å². The number of nitrogens with zero attached hydrogens (tertiary/aromatic N) is 2. The molecule has 0 aromatic heterocycles. The van der Waals surface area contributed by atoms with Crippen LogP contribution in [-0.4, -0.2) is 27.2 Å². The van der Waals surface area contributed by atoms with Gasteiger partial charge < -0.3 is 9.80 Å². The average Bonchev–Trinajstić information content (AvgIpc) is 2.29. The van der Waals surface area contributed by atoms with E-state index >= 15 is 0 Å². The molecule has 1 aromatic carbocycles. The zero-order chi connectivity index (χ0) is 11.1. The van der Waals surface area contributed by atoms with E-state index < -0.39 is 0 Å². The van der Waals surface area contributed by atoms with Crippen LogP contribution in [0.2, 0.25) is 0 Å². The van der Waals surface area contributed by atoms with Crippen LogP contribution in [0.15, 0.2) is 12.1 Å². The van der Waals surface area contributed by atoms with Crippen molar-refractivity contribution in [1.29, 1.82) is 0 Å². The Kier molecular flexibility index (Phi) is 2.31. The molecule has 1 aromatic rings. The van der Waals surface area contributed by atoms with Gasteiger partial charge in [0.1, 0.15) is 0 Å². The summed E-state index contributed by atoms with van der Waals surface area (Å²) < 4.78 is 0. The largest absolute Gasteiger partial charge is 0.373 e. The van der Waals surface area contributed by atoms with Crippen molar-refractivity contribution in [3.8, 4) is 0 Å². The first-order valence-electron chi connectivity index (χ1n) is 6.34. The van der Waals surface area contributed by atoms with Gasteiger partial charge in [-0.25, -0.2) is 0 Å². The molecule has 0 unspecified atom stereocenters. The van der Waals surface area contributed by atoms with Gasteiger partial charge in [-0.3, -0.25) is 0 Å². The number of rotatable bonds is 0. The predicted octanol–water partition coefficient (Wildman–Crippen LogP) is 2.45. The first-order valence-corrected chi connectivity index (χ1v) is 6.34. The minimum absolute atomic E-state index is 1.21. The number of fused-ring (bicyclic) bond motifs is 3. The van der Waals surface area contributed by atoms with Crippen LogP contribution in [0.3, 0.4) is 0 Å². The molecule has 16 heavy (non-hydrogen) atoms. The van der Waals surface area contributed by atoms with Gasteiger partial charge in [0.2, 0.25) is 0 Å². The molecule has 3 rings (SSSR count). The molecule has 0 amide bonds. The third-order valence-corrected chi connectivity index (χ3v) is 3.96. The molecule has 2 aliphatic heterocycles. The van der Waals surface area contributed by atoms with E-state index in [0.717, 1.165) is 0 Å². The Bertz CT molecular complexity index is 372. The number of anilines is 2. The van der Waals surface area contributed by atoms with Crippen molar-refractivity contribution in [2.45, 2.75) is 25.7 Å². The van der Waals surface area contributed by atoms with E-state index in [1.807, 2.05) is 0 Å². The number of hydrogen-bond acceptors (Lipinski definition) is 2. The van der Waals surface area contributed by atoms with Gasteiger partial charge in [-0.15, -0.1) is 0 Å². The molecule has 2 heterocycles. The molecular weight excluding hydrogens is 196 g/mol. The Balaban J connectivity index is 2.19. The lowest BCUT2D eigenvalue weighted by molar-refractivity contribution is 0.712. The van der Waals surface area contributed by atoms with Gasteiger partial charge in [0.05, 0.1) is 11.4 Å². The smallest absolute Gasteiger partial charge is 0.0636 e. The van der Waals surface area contributed by atoms with Crippen LogP contribution in [0.5, 0.6) is 0 Å². The molecule has 0 spiro atoms. The standard InChI is InChI=1S/C14H20N2/c1-15-9-3-5-11-7-8-12-6-4-10-16(2)14(12)13(11)15/h7-8H,3-6,9-10H2,1-2H3. The summed E-state index contributed by atoms with van der Waals surface area (Å²) in [6.45, 7) is 2.41. The molecule has 2 heteroatoms. The topological polar surface area (TPSA) is 6.48 Å². The van der Waals surface area contributed by atoms with E-state index in [1.165, 1.54) is 50.1 Å². The second-order valence-electron chi connectivity index (χ2n) is 5.13. The molecule has 2 aliphatic rings. The van der Waals surface area contributed by atoms with Crippen molar-refractivity contribution in [3.63, 3.8) is 0 Å². The maximum Gasteiger partial charge on any atom is 0.0636 e. The summed E-state index contributed by atoms with van der Waals surface area (Å²) in [4.78, 5) is 4.89. The summed E-state index contributed by atoms with van der Waals surface area (Å²) in [5, 5.41) is 0. The van der Waals surface area contributed by atoms with Gasteiger partial charge in [-0.1, -0.05) is 12.1 Å². The van der Waals surface area contributed by atoms with Crippen molar-refractivity contribution < 1.29 is 0 Å². The van der Waals surface area contributed by atoms with E-state index in [4.69, 9.17) is 0 Å². The summed E-state index contributed by atoms with van der Waals surface area (Å²) in [7, 11) is 4.47. The van der Waals surface area contributed by atoms with Gasteiger partial charge in [0.25, 0.3) is 0 Å². The van der Waals surface area contributed by atoms with E-state index in [2.05, 4.69) is 36.0 Å². The van der Waals surface area contributed by atoms with Crippen molar-refractivity contribution in [2.75, 3.05) is 37.0 Å². The Morgan fingerprint density at radius 1 is 0.812 bits per heavy atom. The van der Waals surface area contributed by atoms with Crippen LogP contribution >= 0.6 is 0 Å². The fraction of sp³-hybridized carbons (Fsp3) is 0.571. The minimum Gasteiger partial charge on any atom is -0.373 e. The number of hydrogen-bond donors (Lipinski definition) is 0. The zero-order valence-electron chi connectivity index (χ0n) is 10.3. The van der Waals surface area contributed by atoms with E-state index in [9.17, 15) is 0 Å². The Labute approximate surface area is 97.9 Å². The van der Waals surface area contributed by atoms with Crippen molar-refractivity contribution in [3.05, 3.63) is 23.3 Å². The lowest BCUT2D eigenvalue weighted by atomic mass is 9.93. The van der Waals surface area contributed by atoms with Crippen molar-refractivity contribution in [2.24, 2.45) is 0 Å². The third kappa shape index (κ3) is 1.40. The van der Waals surface area contributed by atoms with Crippen molar-refractivity contribution in [1.82, 2.24) is 0 Å². The Morgan fingerprint density at radius 3 is 1.69 bits per heavy atom. The molecule has 0 N–H and O–H groups in total. The molecule has 0 bridgehead atoms. The Hall–Kier alpha value is -1.18. The lowest BCUT2D eigenvalue weighted by Gasteiger charge is -2.37. The summed E-state index contributed by atoms with van der Waals surface area (Å²) in [6.07, 6.45) is 5.10. The number of aryl methyl sites for hydroxylation is 2. The average molecular weight is 216 g/mol. The molecular formula is C14H20N2. The van der Waals surface area contributed by atoms with Crippen LogP contribution in [-0.2, 0) is 12.8 Å². The molecule has 0 saturated carbocycles. The first-order chi connectivity index (χ1) is 7.77. The summed E-state index contributed by atoms with van der Waals surface area (Å²) in [6, 6.07) is 4.70. The van der Waals surface area contributed by atoms with E-state index in [1.54, 1.807) is 11.1 Å². The van der Waals surface area contributed by atoms with Gasteiger partial charge >= 0.3 is 0 Å². The van der Waals surface area contributed by atoms with Gasteiger partial charge in [-0.05, 0) is 36.8 Å². The normalized spacial score (nSPS) is 19.4. The highest BCUT2D eigenvalue weighted by atomic mass is 15.2. The molecule has 0 aliphatic carbocycles. The molecule has 2 nitrogen and oxygen atoms in total. The molecule has 0 fully saturated rings. The van der Waals surface area contributed by atoms with Crippen LogP contribution in [0, 0.1) is 0 Å². The fourth-order valence-corrected chi connectivity index (χ4v) is 3.16. The highest BCUT2D eigenvalue weighted by molar-refractivity contribution is 5.79. The summed E-state index contributed by atoms with van der Waals surface area (Å²) in [5.41, 5.74) is 6.10. The Morgan fingerprint density at radius 2 is 1.25 bits per heavy atom. The van der Waals surface area contributed by atoms with Crippen LogP contribution in [0.25, 0.3) is 0 Å². The van der Waals surface area contributed by atoms with Crippen molar-refractivity contribution >= 4 is 11.4 Å². The first kappa shape index (κ1) is 10.0. The van der Waals surface area contributed by atoms with Crippen LogP contribution in [0.1, 0.15) is 24.0 Å². The lowest BCUT2D eigenvalue weighted by Crippen LogP contribution is -2.31. The monoisotopic (exact) mass is 216 g/mol. The quantitative estimate of drug-likeness (QED) is 0.657. The third-order valence-electron chi connectivity index (χ3n) is 3.96. The van der Waals surface area contributed by atoms with E-state index in [-0.39, 0.29) is 0 Å². The highest BCUT2D eigenvalue weighted by Crippen LogP contribution is 2.40. The van der Waals surface area contributed by atoms with Crippen LogP contribution < -0.4 is 9.80 Å². The molecule has 0 radical (unpaired) electrons. The maximum absolute atomic E-state index is 2.44. The van der Waals surface area contributed by atoms with E-state index in [0.29, 0.717) is 0 Å². The summed E-state index contributed by atoms with van der Waals surface area (Å²) in [5.74, 6) is 0.